The minimum atomic E-state index is 0.276. The van der Waals surface area contributed by atoms with Gasteiger partial charge in [-0.15, -0.1) is 0 Å². The van der Waals surface area contributed by atoms with E-state index in [0.29, 0.717) is 18.1 Å². The second kappa shape index (κ2) is 7.13. The van der Waals surface area contributed by atoms with Gasteiger partial charge in [0.05, 0.1) is 0 Å². The number of amides is 1. The van der Waals surface area contributed by atoms with Crippen LogP contribution in [0.5, 0.6) is 0 Å². The smallest absolute Gasteiger partial charge is 0.220 e. The molecule has 2 aliphatic rings. The fourth-order valence-electron chi connectivity index (χ4n) is 3.36. The molecule has 2 atom stereocenters. The molecule has 104 valence electrons. The van der Waals surface area contributed by atoms with E-state index in [0.717, 1.165) is 25.7 Å². The summed E-state index contributed by atoms with van der Waals surface area (Å²) >= 11 is 0. The lowest BCUT2D eigenvalue weighted by Gasteiger charge is -2.29. The molecule has 2 bridgehead atoms. The second-order valence-electron chi connectivity index (χ2n) is 6.04. The predicted molar refractivity (Wildman–Crippen MR) is 74.5 cm³/mol. The van der Waals surface area contributed by atoms with E-state index in [-0.39, 0.29) is 5.91 Å². The fourth-order valence-corrected chi connectivity index (χ4v) is 3.36. The van der Waals surface area contributed by atoms with E-state index in [1.807, 2.05) is 0 Å². The molecule has 3 heteroatoms. The monoisotopic (exact) mass is 252 g/mol. The molecule has 0 saturated carbocycles. The fraction of sp³-hybridized carbons (Fsp3) is 0.933. The van der Waals surface area contributed by atoms with Crippen molar-refractivity contribution in [1.29, 1.82) is 0 Å². The van der Waals surface area contributed by atoms with Crippen LogP contribution < -0.4 is 10.6 Å². The molecule has 18 heavy (non-hydrogen) atoms. The molecule has 2 unspecified atom stereocenters. The summed E-state index contributed by atoms with van der Waals surface area (Å²) in [5.74, 6) is 0.276. The SMILES string of the molecule is CCCCCCCC(=O)NC1CC2CCC(C1)N2. The summed E-state index contributed by atoms with van der Waals surface area (Å²) in [5, 5.41) is 6.84. The van der Waals surface area contributed by atoms with Crippen LogP contribution >= 0.6 is 0 Å². The Morgan fingerprint density at radius 2 is 1.78 bits per heavy atom. The molecule has 2 saturated heterocycles. The number of carbonyl (C=O) groups excluding carboxylic acids is 1. The van der Waals surface area contributed by atoms with Crippen LogP contribution in [-0.2, 0) is 4.79 Å². The lowest BCUT2D eigenvalue weighted by Crippen LogP contribution is -2.47. The molecular formula is C15H28N2O. The molecule has 0 aromatic rings. The third-order valence-electron chi connectivity index (χ3n) is 4.35. The predicted octanol–water partition coefficient (Wildman–Crippen LogP) is 2.75. The van der Waals surface area contributed by atoms with Crippen molar-refractivity contribution in [1.82, 2.24) is 10.6 Å². The first-order chi connectivity index (χ1) is 8.78. The number of rotatable bonds is 7. The maximum absolute atomic E-state index is 11.8. The van der Waals surface area contributed by atoms with Crippen LogP contribution in [0.4, 0.5) is 0 Å². The summed E-state index contributed by atoms with van der Waals surface area (Å²) in [7, 11) is 0. The first kappa shape index (κ1) is 13.9. The summed E-state index contributed by atoms with van der Waals surface area (Å²) in [6.07, 6.45) is 11.7. The van der Waals surface area contributed by atoms with Crippen LogP contribution in [0.15, 0.2) is 0 Å². The van der Waals surface area contributed by atoms with Crippen LogP contribution in [-0.4, -0.2) is 24.0 Å². The van der Waals surface area contributed by atoms with Crippen LogP contribution in [0.3, 0.4) is 0 Å². The standard InChI is InChI=1S/C15H28N2O/c1-2-3-4-5-6-7-15(18)17-14-10-12-8-9-13(11-14)16-12/h12-14,16H,2-11H2,1H3,(H,17,18). The number of carbonyl (C=O) groups is 1. The highest BCUT2D eigenvalue weighted by atomic mass is 16.1. The largest absolute Gasteiger partial charge is 0.353 e. The summed E-state index contributed by atoms with van der Waals surface area (Å²) < 4.78 is 0. The van der Waals surface area contributed by atoms with E-state index in [9.17, 15) is 4.79 Å². The molecule has 3 nitrogen and oxygen atoms in total. The van der Waals surface area contributed by atoms with E-state index in [4.69, 9.17) is 0 Å². The molecule has 0 aliphatic carbocycles. The Morgan fingerprint density at radius 3 is 2.44 bits per heavy atom. The Bertz CT molecular complexity index is 255. The van der Waals surface area contributed by atoms with Gasteiger partial charge in [-0.2, -0.15) is 0 Å². The second-order valence-corrected chi connectivity index (χ2v) is 6.04. The Hall–Kier alpha value is -0.570. The Morgan fingerprint density at radius 1 is 1.11 bits per heavy atom. The van der Waals surface area contributed by atoms with E-state index in [2.05, 4.69) is 17.6 Å². The lowest BCUT2D eigenvalue weighted by molar-refractivity contribution is -0.122. The topological polar surface area (TPSA) is 41.1 Å². The molecule has 2 N–H and O–H groups in total. The van der Waals surface area contributed by atoms with Gasteiger partial charge in [0.25, 0.3) is 0 Å². The molecule has 0 aromatic carbocycles. The molecule has 0 spiro atoms. The minimum Gasteiger partial charge on any atom is -0.353 e. The quantitative estimate of drug-likeness (QED) is 0.684. The molecule has 2 aliphatic heterocycles. The molecule has 2 heterocycles. The van der Waals surface area contributed by atoms with Gasteiger partial charge < -0.3 is 10.6 Å². The van der Waals surface area contributed by atoms with Gasteiger partial charge in [-0.3, -0.25) is 4.79 Å². The molecule has 0 aromatic heterocycles. The molecule has 0 radical (unpaired) electrons. The van der Waals surface area contributed by atoms with Crippen LogP contribution in [0.25, 0.3) is 0 Å². The van der Waals surface area contributed by atoms with Crippen molar-refractivity contribution in [2.24, 2.45) is 0 Å². The zero-order valence-corrected chi connectivity index (χ0v) is 11.7. The maximum Gasteiger partial charge on any atom is 0.220 e. The third-order valence-corrected chi connectivity index (χ3v) is 4.35. The number of hydrogen-bond acceptors (Lipinski definition) is 2. The summed E-state index contributed by atoms with van der Waals surface area (Å²) in [5.41, 5.74) is 0. The summed E-state index contributed by atoms with van der Waals surface area (Å²) in [6, 6.07) is 1.77. The van der Waals surface area contributed by atoms with Crippen molar-refractivity contribution < 1.29 is 4.79 Å². The van der Waals surface area contributed by atoms with Gasteiger partial charge >= 0.3 is 0 Å². The van der Waals surface area contributed by atoms with Crippen molar-refractivity contribution in [3.8, 4) is 0 Å². The number of hydrogen-bond donors (Lipinski definition) is 2. The minimum absolute atomic E-state index is 0.276. The zero-order chi connectivity index (χ0) is 12.8. The van der Waals surface area contributed by atoms with Crippen molar-refractivity contribution in [3.05, 3.63) is 0 Å². The van der Waals surface area contributed by atoms with Crippen LogP contribution in [0.1, 0.15) is 71.1 Å². The normalized spacial score (nSPS) is 30.4. The average molecular weight is 252 g/mol. The number of unbranched alkanes of at least 4 members (excludes halogenated alkanes) is 4. The molecule has 1 amide bonds. The van der Waals surface area contributed by atoms with Gasteiger partial charge in [-0.25, -0.2) is 0 Å². The first-order valence-corrected chi connectivity index (χ1v) is 7.83. The summed E-state index contributed by atoms with van der Waals surface area (Å²) in [4.78, 5) is 11.8. The van der Waals surface area contributed by atoms with Crippen molar-refractivity contribution in [2.75, 3.05) is 0 Å². The van der Waals surface area contributed by atoms with Crippen LogP contribution in [0, 0.1) is 0 Å². The highest BCUT2D eigenvalue weighted by molar-refractivity contribution is 5.76. The van der Waals surface area contributed by atoms with Crippen LogP contribution in [0.2, 0.25) is 0 Å². The van der Waals surface area contributed by atoms with Crippen molar-refractivity contribution in [3.63, 3.8) is 0 Å². The Kier molecular flexibility index (Phi) is 5.48. The van der Waals surface area contributed by atoms with E-state index >= 15 is 0 Å². The van der Waals surface area contributed by atoms with Crippen molar-refractivity contribution in [2.45, 2.75) is 89.3 Å². The maximum atomic E-state index is 11.8. The van der Waals surface area contributed by atoms with E-state index in [1.54, 1.807) is 0 Å². The van der Waals surface area contributed by atoms with Gasteiger partial charge in [0.15, 0.2) is 0 Å². The van der Waals surface area contributed by atoms with E-state index < -0.39 is 0 Å². The molecular weight excluding hydrogens is 224 g/mol. The first-order valence-electron chi connectivity index (χ1n) is 7.83. The van der Waals surface area contributed by atoms with Gasteiger partial charge in [0.2, 0.25) is 5.91 Å². The number of piperidine rings is 1. The molecule has 2 fully saturated rings. The number of fused-ring (bicyclic) bond motifs is 2. The molecule has 2 rings (SSSR count). The van der Waals surface area contributed by atoms with Gasteiger partial charge in [0.1, 0.15) is 0 Å². The van der Waals surface area contributed by atoms with Gasteiger partial charge in [-0.05, 0) is 32.1 Å². The average Bonchev–Trinajstić information content (AvgIpc) is 2.68. The van der Waals surface area contributed by atoms with Gasteiger partial charge in [0, 0.05) is 24.5 Å². The highest BCUT2D eigenvalue weighted by Gasteiger charge is 2.33. The number of nitrogens with one attached hydrogen (secondary N) is 2. The summed E-state index contributed by atoms with van der Waals surface area (Å²) in [6.45, 7) is 2.22. The Labute approximate surface area is 111 Å². The van der Waals surface area contributed by atoms with Crippen molar-refractivity contribution >= 4 is 5.91 Å². The van der Waals surface area contributed by atoms with Gasteiger partial charge in [-0.1, -0.05) is 32.6 Å². The van der Waals surface area contributed by atoms with E-state index in [1.165, 1.54) is 38.5 Å². The lowest BCUT2D eigenvalue weighted by atomic mass is 9.99. The third kappa shape index (κ3) is 4.27. The highest BCUT2D eigenvalue weighted by Crippen LogP contribution is 2.26. The Balaban J connectivity index is 1.57. The zero-order valence-electron chi connectivity index (χ0n) is 11.7.